The van der Waals surface area contributed by atoms with Crippen LogP contribution in [0.15, 0.2) is 30.5 Å². The minimum absolute atomic E-state index is 0.0858. The number of anilines is 1. The molecule has 6 heteroatoms. The van der Waals surface area contributed by atoms with Gasteiger partial charge in [-0.3, -0.25) is 4.79 Å². The number of aromatic amines is 1. The first-order valence-corrected chi connectivity index (χ1v) is 9.33. The SMILES string of the molecule is CC(=O)c1sc(N2CCOC[C@@H]2Cc2c[nH]c3ccccc23)nc1C. The highest BCUT2D eigenvalue weighted by atomic mass is 32.1. The van der Waals surface area contributed by atoms with Crippen LogP contribution in [0.25, 0.3) is 10.9 Å². The van der Waals surface area contributed by atoms with Crippen LogP contribution in [0.1, 0.15) is 27.9 Å². The molecule has 0 saturated carbocycles. The van der Waals surface area contributed by atoms with Gasteiger partial charge in [-0.1, -0.05) is 29.5 Å². The summed E-state index contributed by atoms with van der Waals surface area (Å²) in [5.41, 5.74) is 3.27. The topological polar surface area (TPSA) is 58.2 Å². The lowest BCUT2D eigenvalue weighted by atomic mass is 10.0. The number of aromatic nitrogens is 2. The van der Waals surface area contributed by atoms with Crippen LogP contribution < -0.4 is 4.90 Å². The average molecular weight is 355 g/mol. The quantitative estimate of drug-likeness (QED) is 0.727. The van der Waals surface area contributed by atoms with Crippen molar-refractivity contribution >= 4 is 33.2 Å². The number of nitrogens with zero attached hydrogens (tertiary/aromatic N) is 2. The summed E-state index contributed by atoms with van der Waals surface area (Å²) in [5, 5.41) is 2.18. The fourth-order valence-electron chi connectivity index (χ4n) is 3.46. The van der Waals surface area contributed by atoms with E-state index in [-0.39, 0.29) is 11.8 Å². The number of aryl methyl sites for hydroxylation is 1. The van der Waals surface area contributed by atoms with Gasteiger partial charge in [-0.2, -0.15) is 0 Å². The molecule has 0 bridgehead atoms. The van der Waals surface area contributed by atoms with E-state index in [0.717, 1.165) is 34.2 Å². The first-order valence-electron chi connectivity index (χ1n) is 8.51. The van der Waals surface area contributed by atoms with Gasteiger partial charge < -0.3 is 14.6 Å². The first-order chi connectivity index (χ1) is 12.1. The summed E-state index contributed by atoms with van der Waals surface area (Å²) in [5.74, 6) is 0.0858. The number of hydrogen-bond donors (Lipinski definition) is 1. The molecule has 25 heavy (non-hydrogen) atoms. The Bertz CT molecular complexity index is 914. The second kappa shape index (κ2) is 6.61. The standard InChI is InChI=1S/C19H21N3O2S/c1-12-18(13(2)23)25-19(21-12)22-7-8-24-11-15(22)9-14-10-20-17-6-4-3-5-16(14)17/h3-6,10,15,20H,7-9,11H2,1-2H3/t15-/m0/s1. The van der Waals surface area contributed by atoms with Crippen LogP contribution in [0, 0.1) is 6.92 Å². The van der Waals surface area contributed by atoms with Crippen LogP contribution in [-0.4, -0.2) is 41.6 Å². The molecule has 0 amide bonds. The highest BCUT2D eigenvalue weighted by Crippen LogP contribution is 2.30. The molecule has 1 aliphatic heterocycles. The third-order valence-corrected chi connectivity index (χ3v) is 6.00. The van der Waals surface area contributed by atoms with Crippen molar-refractivity contribution in [3.8, 4) is 0 Å². The van der Waals surface area contributed by atoms with Crippen molar-refractivity contribution in [1.29, 1.82) is 0 Å². The number of carbonyl (C=O) groups excluding carboxylic acids is 1. The number of morpholine rings is 1. The Kier molecular flexibility index (Phi) is 4.31. The molecule has 0 aliphatic carbocycles. The number of hydrogen-bond acceptors (Lipinski definition) is 5. The number of fused-ring (bicyclic) bond motifs is 1. The number of ketones is 1. The summed E-state index contributed by atoms with van der Waals surface area (Å²) in [6.45, 7) is 5.68. The van der Waals surface area contributed by atoms with Gasteiger partial charge in [-0.15, -0.1) is 0 Å². The van der Waals surface area contributed by atoms with Crippen LogP contribution in [0.5, 0.6) is 0 Å². The maximum Gasteiger partial charge on any atom is 0.186 e. The smallest absolute Gasteiger partial charge is 0.186 e. The van der Waals surface area contributed by atoms with Gasteiger partial charge in [0.15, 0.2) is 10.9 Å². The van der Waals surface area contributed by atoms with Crippen molar-refractivity contribution in [3.63, 3.8) is 0 Å². The number of carbonyl (C=O) groups is 1. The summed E-state index contributed by atoms with van der Waals surface area (Å²) in [7, 11) is 0. The van der Waals surface area contributed by atoms with Crippen molar-refractivity contribution in [2.24, 2.45) is 0 Å². The number of thiazole rings is 1. The monoisotopic (exact) mass is 355 g/mol. The number of rotatable bonds is 4. The minimum Gasteiger partial charge on any atom is -0.377 e. The van der Waals surface area contributed by atoms with E-state index in [0.29, 0.717) is 13.2 Å². The Hall–Kier alpha value is -2.18. The van der Waals surface area contributed by atoms with E-state index in [9.17, 15) is 4.79 Å². The van der Waals surface area contributed by atoms with E-state index in [2.05, 4.69) is 39.3 Å². The van der Waals surface area contributed by atoms with Crippen LogP contribution in [0.3, 0.4) is 0 Å². The van der Waals surface area contributed by atoms with Crippen LogP contribution in [-0.2, 0) is 11.2 Å². The average Bonchev–Trinajstić information content (AvgIpc) is 3.20. The zero-order valence-electron chi connectivity index (χ0n) is 14.4. The first kappa shape index (κ1) is 16.3. The molecule has 1 saturated heterocycles. The summed E-state index contributed by atoms with van der Waals surface area (Å²) in [4.78, 5) is 22.8. The van der Waals surface area contributed by atoms with Gasteiger partial charge in [0.2, 0.25) is 0 Å². The third-order valence-electron chi connectivity index (χ3n) is 4.71. The van der Waals surface area contributed by atoms with Crippen molar-refractivity contribution in [2.45, 2.75) is 26.3 Å². The number of Topliss-reactive ketones (excluding diaryl/α,β-unsaturated/α-hetero) is 1. The highest BCUT2D eigenvalue weighted by Gasteiger charge is 2.27. The largest absolute Gasteiger partial charge is 0.377 e. The molecule has 3 aromatic rings. The van der Waals surface area contributed by atoms with Crippen LogP contribution >= 0.6 is 11.3 Å². The second-order valence-corrected chi connectivity index (χ2v) is 7.43. The lowest BCUT2D eigenvalue weighted by Gasteiger charge is -2.35. The van der Waals surface area contributed by atoms with E-state index in [4.69, 9.17) is 4.74 Å². The number of nitrogens with one attached hydrogen (secondary N) is 1. The van der Waals surface area contributed by atoms with E-state index < -0.39 is 0 Å². The molecule has 0 unspecified atom stereocenters. The van der Waals surface area contributed by atoms with E-state index in [1.165, 1.54) is 22.3 Å². The van der Waals surface area contributed by atoms with E-state index >= 15 is 0 Å². The maximum absolute atomic E-state index is 11.8. The summed E-state index contributed by atoms with van der Waals surface area (Å²) in [6, 6.07) is 8.57. The molecule has 130 valence electrons. The Labute approximate surface area is 150 Å². The summed E-state index contributed by atoms with van der Waals surface area (Å²) in [6.07, 6.45) is 2.98. The lowest BCUT2D eigenvalue weighted by Crippen LogP contribution is -2.46. The van der Waals surface area contributed by atoms with Gasteiger partial charge in [0.1, 0.15) is 0 Å². The number of benzene rings is 1. The Morgan fingerprint density at radius 1 is 1.44 bits per heavy atom. The van der Waals surface area contributed by atoms with Gasteiger partial charge in [-0.25, -0.2) is 4.98 Å². The van der Waals surface area contributed by atoms with Gasteiger partial charge in [0.05, 0.1) is 29.8 Å². The molecule has 5 nitrogen and oxygen atoms in total. The van der Waals surface area contributed by atoms with Gasteiger partial charge in [-0.05, 0) is 25.0 Å². The second-order valence-electron chi connectivity index (χ2n) is 6.45. The molecular formula is C19H21N3O2S. The molecule has 3 heterocycles. The van der Waals surface area contributed by atoms with Crippen LogP contribution in [0.4, 0.5) is 5.13 Å². The van der Waals surface area contributed by atoms with E-state index in [1.54, 1.807) is 6.92 Å². The highest BCUT2D eigenvalue weighted by molar-refractivity contribution is 7.17. The molecule has 1 N–H and O–H groups in total. The zero-order valence-corrected chi connectivity index (χ0v) is 15.2. The molecule has 0 spiro atoms. The molecule has 2 aromatic heterocycles. The molecule has 1 aliphatic rings. The summed E-state index contributed by atoms with van der Waals surface area (Å²) >= 11 is 1.50. The molecule has 4 rings (SSSR count). The fourth-order valence-corrected chi connectivity index (χ4v) is 4.52. The van der Waals surface area contributed by atoms with Crippen molar-refractivity contribution in [3.05, 3.63) is 46.6 Å². The zero-order chi connectivity index (χ0) is 17.4. The molecule has 0 radical (unpaired) electrons. The molecule has 1 fully saturated rings. The maximum atomic E-state index is 11.8. The Morgan fingerprint density at radius 3 is 3.08 bits per heavy atom. The van der Waals surface area contributed by atoms with E-state index in [1.807, 2.05) is 13.0 Å². The van der Waals surface area contributed by atoms with Gasteiger partial charge >= 0.3 is 0 Å². The van der Waals surface area contributed by atoms with Gasteiger partial charge in [0, 0.05) is 30.6 Å². The molecule has 1 atom stereocenters. The number of para-hydroxylation sites is 1. The number of H-pyrrole nitrogens is 1. The fraction of sp³-hybridized carbons (Fsp3) is 0.368. The van der Waals surface area contributed by atoms with Crippen LogP contribution in [0.2, 0.25) is 0 Å². The predicted octanol–water partition coefficient (Wildman–Crippen LogP) is 3.58. The summed E-state index contributed by atoms with van der Waals surface area (Å²) < 4.78 is 5.74. The predicted molar refractivity (Wildman–Crippen MR) is 101 cm³/mol. The third kappa shape index (κ3) is 3.07. The normalized spacial score (nSPS) is 18.0. The minimum atomic E-state index is 0.0858. The van der Waals surface area contributed by atoms with Crippen molar-refractivity contribution < 1.29 is 9.53 Å². The molecular weight excluding hydrogens is 334 g/mol. The number of ether oxygens (including phenoxy) is 1. The van der Waals surface area contributed by atoms with Gasteiger partial charge in [0.25, 0.3) is 0 Å². The van der Waals surface area contributed by atoms with Crippen molar-refractivity contribution in [2.75, 3.05) is 24.7 Å². The Morgan fingerprint density at radius 2 is 2.28 bits per heavy atom. The lowest BCUT2D eigenvalue weighted by molar-refractivity contribution is 0.0941. The van der Waals surface area contributed by atoms with Crippen molar-refractivity contribution in [1.82, 2.24) is 9.97 Å². The molecule has 1 aromatic carbocycles. The Balaban J connectivity index is 1.63.